The van der Waals surface area contributed by atoms with Crippen molar-refractivity contribution in [3.05, 3.63) is 63.2 Å². The van der Waals surface area contributed by atoms with Gasteiger partial charge in [-0.25, -0.2) is 13.1 Å². The van der Waals surface area contributed by atoms with Crippen molar-refractivity contribution in [3.8, 4) is 5.75 Å². The quantitative estimate of drug-likeness (QED) is 0.294. The molecule has 2 atom stereocenters. The number of nitrogens with one attached hydrogen (secondary N) is 1. The predicted octanol–water partition coefficient (Wildman–Crippen LogP) is 5.60. The molecule has 0 aromatic heterocycles. The van der Waals surface area contributed by atoms with E-state index in [1.807, 2.05) is 6.07 Å². The van der Waals surface area contributed by atoms with Gasteiger partial charge in [0.15, 0.2) is 0 Å². The second kappa shape index (κ2) is 10.3. The molecule has 0 bridgehead atoms. The molecule has 8 nitrogen and oxygen atoms in total. The lowest BCUT2D eigenvalue weighted by Crippen LogP contribution is -2.44. The second-order valence-corrected chi connectivity index (χ2v) is 13.3. The molecule has 0 radical (unpaired) electrons. The molecule has 2 aromatic rings. The number of sulfonamides is 1. The van der Waals surface area contributed by atoms with Crippen LogP contribution in [0.5, 0.6) is 5.75 Å². The second-order valence-electron chi connectivity index (χ2n) is 11.6. The molecule has 0 heterocycles. The van der Waals surface area contributed by atoms with Gasteiger partial charge in [0.05, 0.1) is 15.9 Å². The van der Waals surface area contributed by atoms with E-state index in [0.29, 0.717) is 12.0 Å². The largest absolute Gasteiger partial charge is 0.507 e. The zero-order valence-corrected chi connectivity index (χ0v) is 22.7. The van der Waals surface area contributed by atoms with Gasteiger partial charge in [-0.1, -0.05) is 60.5 Å². The molecule has 1 saturated carbocycles. The number of nitrogens with zero attached hydrogens (tertiary/aromatic N) is 2. The number of benzene rings is 2. The van der Waals surface area contributed by atoms with Gasteiger partial charge in [0.2, 0.25) is 10.0 Å². The van der Waals surface area contributed by atoms with Crippen molar-refractivity contribution < 1.29 is 18.4 Å². The summed E-state index contributed by atoms with van der Waals surface area (Å²) in [7, 11) is -3.87. The number of non-ortho nitro benzene ring substituents is 1. The number of rotatable bonds is 6. The normalized spacial score (nSPS) is 19.5. The number of phenols is 1. The molecule has 2 aromatic carbocycles. The summed E-state index contributed by atoms with van der Waals surface area (Å²) in [4.78, 5) is 15.1. The van der Waals surface area contributed by atoms with Crippen LogP contribution in [-0.2, 0) is 20.9 Å². The van der Waals surface area contributed by atoms with E-state index in [-0.39, 0.29) is 33.2 Å². The summed E-state index contributed by atoms with van der Waals surface area (Å²) in [6.45, 7) is 12.5. The molecule has 0 amide bonds. The minimum atomic E-state index is -3.87. The number of phenolic OH excluding ortho intramolecular Hbond substituents is 1. The summed E-state index contributed by atoms with van der Waals surface area (Å²) in [5, 5.41) is 21.9. The van der Waals surface area contributed by atoms with Crippen molar-refractivity contribution in [1.29, 1.82) is 0 Å². The molecule has 1 aliphatic carbocycles. The molecule has 9 heteroatoms. The van der Waals surface area contributed by atoms with Crippen LogP contribution >= 0.6 is 0 Å². The van der Waals surface area contributed by atoms with E-state index in [1.165, 1.54) is 24.3 Å². The minimum Gasteiger partial charge on any atom is -0.507 e. The van der Waals surface area contributed by atoms with Crippen molar-refractivity contribution in [2.75, 3.05) is 0 Å². The monoisotopic (exact) mass is 515 g/mol. The van der Waals surface area contributed by atoms with Crippen LogP contribution in [-0.4, -0.2) is 36.7 Å². The fourth-order valence-electron chi connectivity index (χ4n) is 4.38. The fraction of sp³-hybridized carbons (Fsp3) is 0.519. The number of aromatic hydroxyl groups is 1. The van der Waals surface area contributed by atoms with Gasteiger partial charge >= 0.3 is 0 Å². The first-order valence-corrected chi connectivity index (χ1v) is 13.8. The Hall–Kier alpha value is -2.78. The molecule has 196 valence electrons. The van der Waals surface area contributed by atoms with E-state index >= 15 is 0 Å². The zero-order valence-electron chi connectivity index (χ0n) is 21.9. The van der Waals surface area contributed by atoms with Gasteiger partial charge in [0, 0.05) is 35.5 Å². The topological polar surface area (TPSA) is 122 Å². The van der Waals surface area contributed by atoms with Crippen molar-refractivity contribution in [1.82, 2.24) is 4.72 Å². The highest BCUT2D eigenvalue weighted by Crippen LogP contribution is 2.37. The van der Waals surface area contributed by atoms with Gasteiger partial charge < -0.3 is 5.11 Å². The van der Waals surface area contributed by atoms with Gasteiger partial charge in [-0.15, -0.1) is 0 Å². The Morgan fingerprint density at radius 3 is 2.19 bits per heavy atom. The Morgan fingerprint density at radius 1 is 1.03 bits per heavy atom. The molecule has 0 spiro atoms. The molecule has 0 unspecified atom stereocenters. The number of hydrogen-bond donors (Lipinski definition) is 2. The van der Waals surface area contributed by atoms with Crippen LogP contribution in [0.4, 0.5) is 5.69 Å². The lowest BCUT2D eigenvalue weighted by atomic mass is 9.79. The van der Waals surface area contributed by atoms with E-state index in [4.69, 9.17) is 4.99 Å². The molecular weight excluding hydrogens is 478 g/mol. The lowest BCUT2D eigenvalue weighted by molar-refractivity contribution is -0.384. The summed E-state index contributed by atoms with van der Waals surface area (Å²) in [5.41, 5.74) is 2.00. The van der Waals surface area contributed by atoms with E-state index < -0.39 is 21.0 Å². The first-order valence-electron chi connectivity index (χ1n) is 12.3. The molecule has 3 rings (SSSR count). The first-order chi connectivity index (χ1) is 16.6. The third kappa shape index (κ3) is 6.50. The van der Waals surface area contributed by atoms with Crippen molar-refractivity contribution in [2.24, 2.45) is 4.99 Å². The summed E-state index contributed by atoms with van der Waals surface area (Å²) < 4.78 is 28.7. The molecule has 1 fully saturated rings. The maximum absolute atomic E-state index is 13.0. The Balaban J connectivity index is 1.90. The highest BCUT2D eigenvalue weighted by atomic mass is 32.2. The third-order valence-corrected chi connectivity index (χ3v) is 8.12. The van der Waals surface area contributed by atoms with Crippen LogP contribution in [0.15, 0.2) is 46.3 Å². The highest BCUT2D eigenvalue weighted by molar-refractivity contribution is 7.89. The van der Waals surface area contributed by atoms with E-state index in [9.17, 15) is 23.6 Å². The summed E-state index contributed by atoms with van der Waals surface area (Å²) >= 11 is 0. The Bertz CT molecular complexity index is 1240. The number of aliphatic imine (C=N–C) groups is 1. The van der Waals surface area contributed by atoms with Crippen LogP contribution in [0, 0.1) is 10.1 Å². The summed E-state index contributed by atoms with van der Waals surface area (Å²) in [6.07, 6.45) is 4.83. The van der Waals surface area contributed by atoms with Gasteiger partial charge in [-0.3, -0.25) is 15.1 Å². The van der Waals surface area contributed by atoms with Crippen molar-refractivity contribution in [3.63, 3.8) is 0 Å². The van der Waals surface area contributed by atoms with Gasteiger partial charge in [0.1, 0.15) is 5.75 Å². The Morgan fingerprint density at radius 2 is 1.64 bits per heavy atom. The number of hydrogen-bond acceptors (Lipinski definition) is 6. The van der Waals surface area contributed by atoms with Gasteiger partial charge in [0.25, 0.3) is 5.69 Å². The molecule has 36 heavy (non-hydrogen) atoms. The number of nitro groups is 1. The van der Waals surface area contributed by atoms with E-state index in [0.717, 1.165) is 30.4 Å². The van der Waals surface area contributed by atoms with Crippen LogP contribution in [0.2, 0.25) is 0 Å². The predicted molar refractivity (Wildman–Crippen MR) is 143 cm³/mol. The minimum absolute atomic E-state index is 0.0215. The molecule has 0 saturated heterocycles. The van der Waals surface area contributed by atoms with Gasteiger partial charge in [-0.05, 0) is 47.4 Å². The molecular formula is C27H37N3O5S. The summed E-state index contributed by atoms with van der Waals surface area (Å²) in [6, 6.07) is 8.15. The highest BCUT2D eigenvalue weighted by Gasteiger charge is 2.30. The van der Waals surface area contributed by atoms with Crippen LogP contribution < -0.4 is 4.72 Å². The standard InChI is InChI=1S/C27H37N3O5S/c1-26(2,3)19-15-18(25(31)22(16-19)27(4,5)6)17-28-23-9-7-8-10-24(23)29-36(34,35)21-13-11-20(12-14-21)30(32)33/h11-17,23-24,29,31H,7-10H2,1-6H3/t23-,24-/m1/s1. The van der Waals surface area contributed by atoms with Crippen LogP contribution in [0.3, 0.4) is 0 Å². The van der Waals surface area contributed by atoms with Crippen LogP contribution in [0.25, 0.3) is 0 Å². The zero-order chi connectivity index (χ0) is 26.9. The number of nitro benzene ring substituents is 1. The van der Waals surface area contributed by atoms with E-state index in [1.54, 1.807) is 6.21 Å². The SMILES string of the molecule is CC(C)(C)c1cc(C=N[C@@H]2CCCC[C@H]2NS(=O)(=O)c2ccc([N+](=O)[O-])cc2)c(O)c(C(C)(C)C)c1. The van der Waals surface area contributed by atoms with E-state index in [2.05, 4.69) is 52.3 Å². The smallest absolute Gasteiger partial charge is 0.269 e. The fourth-order valence-corrected chi connectivity index (χ4v) is 5.68. The van der Waals surface area contributed by atoms with Crippen molar-refractivity contribution >= 4 is 21.9 Å². The molecule has 2 N–H and O–H groups in total. The summed E-state index contributed by atoms with van der Waals surface area (Å²) in [5.74, 6) is 0.193. The van der Waals surface area contributed by atoms with Crippen molar-refractivity contribution in [2.45, 2.75) is 95.0 Å². The average Bonchev–Trinajstić information content (AvgIpc) is 2.77. The third-order valence-electron chi connectivity index (χ3n) is 6.61. The maximum Gasteiger partial charge on any atom is 0.269 e. The van der Waals surface area contributed by atoms with Gasteiger partial charge in [-0.2, -0.15) is 0 Å². The Kier molecular flexibility index (Phi) is 7.95. The average molecular weight is 516 g/mol. The lowest BCUT2D eigenvalue weighted by Gasteiger charge is -2.29. The first kappa shape index (κ1) is 27.8. The molecule has 0 aliphatic heterocycles. The Labute approximate surface area is 214 Å². The maximum atomic E-state index is 13.0. The molecule has 1 aliphatic rings. The van der Waals surface area contributed by atoms with Crippen LogP contribution in [0.1, 0.15) is 83.9 Å².